The fourth-order valence-corrected chi connectivity index (χ4v) is 1.57. The molecule has 0 unspecified atom stereocenters. The third-order valence-electron chi connectivity index (χ3n) is 1.45. The lowest BCUT2D eigenvalue weighted by molar-refractivity contribution is 1.14. The summed E-state index contributed by atoms with van der Waals surface area (Å²) in [5.41, 5.74) is 0.779. The summed E-state index contributed by atoms with van der Waals surface area (Å²) < 4.78 is 2.83. The van der Waals surface area contributed by atoms with Crippen molar-refractivity contribution < 1.29 is 0 Å². The van der Waals surface area contributed by atoms with Gasteiger partial charge in [-0.25, -0.2) is 4.98 Å². The summed E-state index contributed by atoms with van der Waals surface area (Å²) in [5, 5.41) is 0.665. The molecule has 2 nitrogen and oxygen atoms in total. The average Bonchev–Trinajstić information content (AvgIpc) is 2.45. The molecule has 0 aliphatic heterocycles. The number of rotatable bonds is 0. The zero-order valence-corrected chi connectivity index (χ0v) is 7.80. The monoisotopic (exact) mass is 230 g/mol. The first-order chi connectivity index (χ1) is 5.29. The van der Waals surface area contributed by atoms with Crippen molar-refractivity contribution in [3.63, 3.8) is 0 Å². The van der Waals surface area contributed by atoms with E-state index in [0.29, 0.717) is 5.02 Å². The van der Waals surface area contributed by atoms with Gasteiger partial charge in [0.15, 0.2) is 5.65 Å². The Morgan fingerprint density at radius 2 is 2.27 bits per heavy atom. The highest BCUT2D eigenvalue weighted by Gasteiger charge is 2.01. The van der Waals surface area contributed by atoms with Crippen LogP contribution in [0.15, 0.2) is 29.1 Å². The lowest BCUT2D eigenvalue weighted by atomic mass is 10.5. The van der Waals surface area contributed by atoms with Crippen LogP contribution in [0.5, 0.6) is 0 Å². The van der Waals surface area contributed by atoms with Crippen LogP contribution in [0.2, 0.25) is 5.02 Å². The Kier molecular flexibility index (Phi) is 1.62. The molecule has 0 radical (unpaired) electrons. The van der Waals surface area contributed by atoms with E-state index in [-0.39, 0.29) is 0 Å². The maximum Gasteiger partial charge on any atom is 0.156 e. The quantitative estimate of drug-likeness (QED) is 0.637. The van der Waals surface area contributed by atoms with Gasteiger partial charge in [-0.05, 0) is 28.1 Å². The standard InChI is InChI=1S/C7H4BrClN2/c8-6-2-1-5(9)7-10-3-4-11(6)7/h1-4H. The summed E-state index contributed by atoms with van der Waals surface area (Å²) >= 11 is 9.24. The number of halogens is 2. The zero-order chi connectivity index (χ0) is 7.84. The smallest absolute Gasteiger partial charge is 0.156 e. The lowest BCUT2D eigenvalue weighted by Gasteiger charge is -1.97. The van der Waals surface area contributed by atoms with Gasteiger partial charge >= 0.3 is 0 Å². The Hall–Kier alpha value is -0.540. The van der Waals surface area contributed by atoms with E-state index in [0.717, 1.165) is 10.3 Å². The topological polar surface area (TPSA) is 17.3 Å². The SMILES string of the molecule is Clc1ccc(Br)n2ccnc12. The molecule has 0 amide bonds. The van der Waals surface area contributed by atoms with Crippen LogP contribution in [0.4, 0.5) is 0 Å². The van der Waals surface area contributed by atoms with Crippen LogP contribution >= 0.6 is 27.5 Å². The summed E-state index contributed by atoms with van der Waals surface area (Å²) in [6.45, 7) is 0. The van der Waals surface area contributed by atoms with Crippen molar-refractivity contribution in [1.29, 1.82) is 0 Å². The number of hydrogen-bond acceptors (Lipinski definition) is 1. The van der Waals surface area contributed by atoms with Crippen LogP contribution in [0.3, 0.4) is 0 Å². The van der Waals surface area contributed by atoms with Gasteiger partial charge in [0.1, 0.15) is 0 Å². The second-order valence-electron chi connectivity index (χ2n) is 2.12. The minimum absolute atomic E-state index is 0.665. The first-order valence-electron chi connectivity index (χ1n) is 3.06. The summed E-state index contributed by atoms with van der Waals surface area (Å²) in [5.74, 6) is 0. The first-order valence-corrected chi connectivity index (χ1v) is 4.23. The van der Waals surface area contributed by atoms with Crippen LogP contribution in [0.25, 0.3) is 5.65 Å². The number of fused-ring (bicyclic) bond motifs is 1. The molecule has 0 spiro atoms. The number of hydrogen-bond donors (Lipinski definition) is 0. The third kappa shape index (κ3) is 1.04. The van der Waals surface area contributed by atoms with E-state index < -0.39 is 0 Å². The third-order valence-corrected chi connectivity index (χ3v) is 2.39. The molecule has 4 heteroatoms. The summed E-state index contributed by atoms with van der Waals surface area (Å²) in [4.78, 5) is 4.08. The number of imidazole rings is 1. The maximum atomic E-state index is 5.87. The molecule has 2 rings (SSSR count). The molecule has 11 heavy (non-hydrogen) atoms. The highest BCUT2D eigenvalue weighted by Crippen LogP contribution is 2.20. The van der Waals surface area contributed by atoms with E-state index in [1.165, 1.54) is 0 Å². The van der Waals surface area contributed by atoms with Gasteiger partial charge in [-0.1, -0.05) is 11.6 Å². The molecule has 0 aromatic carbocycles. The Balaban J connectivity index is 2.96. The van der Waals surface area contributed by atoms with E-state index in [1.807, 2.05) is 22.7 Å². The van der Waals surface area contributed by atoms with E-state index >= 15 is 0 Å². The largest absolute Gasteiger partial charge is 0.293 e. The van der Waals surface area contributed by atoms with Crippen molar-refractivity contribution in [2.24, 2.45) is 0 Å². The molecule has 2 heterocycles. The molecule has 0 aliphatic rings. The van der Waals surface area contributed by atoms with Gasteiger partial charge < -0.3 is 0 Å². The Bertz CT molecular complexity index is 360. The van der Waals surface area contributed by atoms with Crippen molar-refractivity contribution in [3.05, 3.63) is 34.2 Å². The number of aromatic nitrogens is 2. The molecule has 0 saturated heterocycles. The van der Waals surface area contributed by atoms with Gasteiger partial charge in [0.25, 0.3) is 0 Å². The second-order valence-corrected chi connectivity index (χ2v) is 3.34. The highest BCUT2D eigenvalue weighted by molar-refractivity contribution is 9.10. The minimum atomic E-state index is 0.665. The van der Waals surface area contributed by atoms with Crippen molar-refractivity contribution in [2.45, 2.75) is 0 Å². The Labute approximate surface area is 76.9 Å². The molecule has 0 fully saturated rings. The molecular formula is C7H4BrClN2. The van der Waals surface area contributed by atoms with Crippen molar-refractivity contribution in [3.8, 4) is 0 Å². The molecular weight excluding hydrogens is 227 g/mol. The van der Waals surface area contributed by atoms with Gasteiger partial charge in [-0.3, -0.25) is 4.40 Å². The van der Waals surface area contributed by atoms with E-state index in [2.05, 4.69) is 20.9 Å². The molecule has 0 N–H and O–H groups in total. The second kappa shape index (κ2) is 2.50. The minimum Gasteiger partial charge on any atom is -0.293 e. The molecule has 56 valence electrons. The van der Waals surface area contributed by atoms with Crippen LogP contribution in [0.1, 0.15) is 0 Å². The van der Waals surface area contributed by atoms with Gasteiger partial charge in [-0.2, -0.15) is 0 Å². The predicted octanol–water partition coefficient (Wildman–Crippen LogP) is 2.75. The number of nitrogens with zero attached hydrogens (tertiary/aromatic N) is 2. The van der Waals surface area contributed by atoms with Crippen LogP contribution in [-0.2, 0) is 0 Å². The Morgan fingerprint density at radius 3 is 3.00 bits per heavy atom. The van der Waals surface area contributed by atoms with Gasteiger partial charge in [0.05, 0.1) is 9.63 Å². The fraction of sp³-hybridized carbons (Fsp3) is 0. The van der Waals surface area contributed by atoms with Crippen LogP contribution in [0, 0.1) is 0 Å². The first kappa shape index (κ1) is 7.13. The van der Waals surface area contributed by atoms with E-state index in [1.54, 1.807) is 6.20 Å². The zero-order valence-electron chi connectivity index (χ0n) is 5.46. The van der Waals surface area contributed by atoms with Gasteiger partial charge in [0, 0.05) is 12.4 Å². The molecule has 0 atom stereocenters. The highest BCUT2D eigenvalue weighted by atomic mass is 79.9. The predicted molar refractivity (Wildman–Crippen MR) is 47.9 cm³/mol. The molecule has 2 aromatic heterocycles. The van der Waals surface area contributed by atoms with Gasteiger partial charge in [-0.15, -0.1) is 0 Å². The molecule has 2 aromatic rings. The summed E-state index contributed by atoms with van der Waals surface area (Å²) in [7, 11) is 0. The molecule has 0 bridgehead atoms. The van der Waals surface area contributed by atoms with Crippen LogP contribution in [-0.4, -0.2) is 9.38 Å². The number of pyridine rings is 1. The summed E-state index contributed by atoms with van der Waals surface area (Å²) in [6, 6.07) is 3.70. The van der Waals surface area contributed by atoms with Crippen molar-refractivity contribution in [2.75, 3.05) is 0 Å². The van der Waals surface area contributed by atoms with E-state index in [9.17, 15) is 0 Å². The van der Waals surface area contributed by atoms with Crippen molar-refractivity contribution >= 4 is 33.2 Å². The average molecular weight is 231 g/mol. The molecule has 0 saturated carbocycles. The summed E-state index contributed by atoms with van der Waals surface area (Å²) in [6.07, 6.45) is 3.57. The molecule has 0 aliphatic carbocycles. The van der Waals surface area contributed by atoms with Gasteiger partial charge in [0.2, 0.25) is 0 Å². The normalized spacial score (nSPS) is 10.7. The lowest BCUT2D eigenvalue weighted by Crippen LogP contribution is -1.85. The maximum absolute atomic E-state index is 5.87. The fourth-order valence-electron chi connectivity index (χ4n) is 0.949. The van der Waals surface area contributed by atoms with E-state index in [4.69, 9.17) is 11.6 Å². The Morgan fingerprint density at radius 1 is 1.45 bits per heavy atom. The van der Waals surface area contributed by atoms with Crippen molar-refractivity contribution in [1.82, 2.24) is 9.38 Å². The van der Waals surface area contributed by atoms with Crippen LogP contribution < -0.4 is 0 Å².